The van der Waals surface area contributed by atoms with Gasteiger partial charge in [-0.3, -0.25) is 0 Å². The summed E-state index contributed by atoms with van der Waals surface area (Å²) in [6.45, 7) is 9.09. The Morgan fingerprint density at radius 3 is 2.62 bits per heavy atom. The zero-order chi connectivity index (χ0) is 26.5. The molecule has 0 aromatic carbocycles. The zero-order valence-corrected chi connectivity index (χ0v) is 21.9. The predicted octanol–water partition coefficient (Wildman–Crippen LogP) is 4.31. The lowest BCUT2D eigenvalue weighted by Crippen LogP contribution is -2.58. The third-order valence-electron chi connectivity index (χ3n) is 6.09. The van der Waals surface area contributed by atoms with E-state index in [0.29, 0.717) is 31.4 Å². The molecule has 0 saturated carbocycles. The van der Waals surface area contributed by atoms with Crippen LogP contribution in [0.3, 0.4) is 0 Å². The smallest absolute Gasteiger partial charge is 0.444 e. The number of aryl methyl sites for hydroxylation is 1. The van der Waals surface area contributed by atoms with Crippen LogP contribution in [-0.4, -0.2) is 67.0 Å². The fourth-order valence-corrected chi connectivity index (χ4v) is 5.53. The van der Waals surface area contributed by atoms with Gasteiger partial charge in [0.05, 0.1) is 18.0 Å². The Kier molecular flexibility index (Phi) is 6.40. The number of hydrogen-bond donors (Lipinski definition) is 1. The first-order chi connectivity index (χ1) is 17.4. The molecule has 0 spiro atoms. The summed E-state index contributed by atoms with van der Waals surface area (Å²) in [4.78, 5) is 27.3. The maximum absolute atomic E-state index is 13.3. The number of fused-ring (bicyclic) bond motifs is 2. The second kappa shape index (κ2) is 9.30. The number of halogens is 3. The molecule has 2 aliphatic rings. The minimum absolute atomic E-state index is 0.0355. The topological polar surface area (TPSA) is 101 Å². The second-order valence-electron chi connectivity index (χ2n) is 10.3. The number of ether oxygens (including phenoxy) is 1. The lowest BCUT2D eigenvalue weighted by atomic mass is 10.1. The van der Waals surface area contributed by atoms with Gasteiger partial charge >= 0.3 is 12.3 Å². The van der Waals surface area contributed by atoms with Crippen molar-refractivity contribution < 1.29 is 22.7 Å². The van der Waals surface area contributed by atoms with Gasteiger partial charge < -0.3 is 24.4 Å². The molecule has 0 bridgehead atoms. The Morgan fingerprint density at radius 1 is 1.19 bits per heavy atom. The summed E-state index contributed by atoms with van der Waals surface area (Å²) >= 11 is 1.59. The maximum atomic E-state index is 13.3. The SMILES string of the molecule is CCCc1cc2c(N3CCn4c(nnc4C(F)(F)F)C3)nc(NC3CN(C(=O)OC(C)(C)C)C3)nc2s1. The molecule has 0 atom stereocenters. The summed E-state index contributed by atoms with van der Waals surface area (Å²) in [5.74, 6) is 0.343. The Balaban J connectivity index is 1.38. The third kappa shape index (κ3) is 5.29. The molecule has 2 aliphatic heterocycles. The Morgan fingerprint density at radius 2 is 1.95 bits per heavy atom. The molecule has 0 unspecified atom stereocenters. The summed E-state index contributed by atoms with van der Waals surface area (Å²) in [5, 5.41) is 11.4. The molecular weight excluding hydrogens is 509 g/mol. The molecular formula is C23H29F3N8O2S. The lowest BCUT2D eigenvalue weighted by Gasteiger charge is -2.40. The van der Waals surface area contributed by atoms with E-state index < -0.39 is 17.6 Å². The average Bonchev–Trinajstić information content (AvgIpc) is 3.37. The van der Waals surface area contributed by atoms with Crippen molar-refractivity contribution in [2.45, 2.75) is 71.4 Å². The summed E-state index contributed by atoms with van der Waals surface area (Å²) in [7, 11) is 0. The average molecular weight is 539 g/mol. The molecule has 1 N–H and O–H groups in total. The lowest BCUT2D eigenvalue weighted by molar-refractivity contribution is -0.147. The van der Waals surface area contributed by atoms with Crippen LogP contribution in [0.25, 0.3) is 10.2 Å². The van der Waals surface area contributed by atoms with Gasteiger partial charge in [0.2, 0.25) is 11.8 Å². The minimum Gasteiger partial charge on any atom is -0.444 e. The number of aromatic nitrogens is 5. The number of nitrogens with one attached hydrogen (secondary N) is 1. The molecule has 0 aliphatic carbocycles. The summed E-state index contributed by atoms with van der Waals surface area (Å²) in [6, 6.07) is 2.03. The fourth-order valence-electron chi connectivity index (χ4n) is 4.41. The number of hydrogen-bond acceptors (Lipinski definition) is 9. The van der Waals surface area contributed by atoms with Crippen molar-refractivity contribution in [3.63, 3.8) is 0 Å². The molecule has 5 rings (SSSR count). The normalized spacial score (nSPS) is 16.6. The standard InChI is InChI=1S/C23H29F3N8O2S/c1-5-6-14-9-15-17(32-7-8-34-16(12-32)30-31-19(34)23(24,25)26)28-20(29-18(15)37-14)27-13-10-33(11-13)21(35)36-22(2,3)4/h9,13H,5-8,10-12H2,1-4H3,(H,27,28,29). The van der Waals surface area contributed by atoms with E-state index in [4.69, 9.17) is 14.7 Å². The van der Waals surface area contributed by atoms with Crippen molar-refractivity contribution >= 4 is 39.4 Å². The molecule has 14 heteroatoms. The van der Waals surface area contributed by atoms with Gasteiger partial charge in [-0.25, -0.2) is 9.78 Å². The number of thiophene rings is 1. The molecule has 1 saturated heterocycles. The van der Waals surface area contributed by atoms with E-state index in [1.807, 2.05) is 25.7 Å². The highest BCUT2D eigenvalue weighted by Crippen LogP contribution is 2.36. The quantitative estimate of drug-likeness (QED) is 0.513. The minimum atomic E-state index is -4.55. The molecule has 3 aromatic heterocycles. The molecule has 1 fully saturated rings. The van der Waals surface area contributed by atoms with Crippen molar-refractivity contribution in [2.75, 3.05) is 29.9 Å². The van der Waals surface area contributed by atoms with E-state index in [9.17, 15) is 18.0 Å². The van der Waals surface area contributed by atoms with Gasteiger partial charge in [-0.15, -0.1) is 21.5 Å². The third-order valence-corrected chi connectivity index (χ3v) is 7.18. The van der Waals surface area contributed by atoms with E-state index in [1.165, 1.54) is 4.88 Å². The summed E-state index contributed by atoms with van der Waals surface area (Å²) in [6.07, 6.45) is -3.03. The van der Waals surface area contributed by atoms with Crippen LogP contribution in [0, 0.1) is 0 Å². The molecule has 0 radical (unpaired) electrons. The number of nitrogens with zero attached hydrogens (tertiary/aromatic N) is 7. The van der Waals surface area contributed by atoms with Crippen molar-refractivity contribution in [1.29, 1.82) is 0 Å². The second-order valence-corrected chi connectivity index (χ2v) is 11.4. The van der Waals surface area contributed by atoms with Crippen LogP contribution in [0.2, 0.25) is 0 Å². The summed E-state index contributed by atoms with van der Waals surface area (Å²) < 4.78 is 46.4. The molecule has 1 amide bonds. The molecule has 5 heterocycles. The molecule has 10 nitrogen and oxygen atoms in total. The first-order valence-electron chi connectivity index (χ1n) is 12.2. The van der Waals surface area contributed by atoms with Crippen molar-refractivity contribution in [1.82, 2.24) is 29.6 Å². The Hall–Kier alpha value is -3.16. The van der Waals surface area contributed by atoms with Gasteiger partial charge in [-0.05, 0) is 33.3 Å². The van der Waals surface area contributed by atoms with Crippen LogP contribution in [0.4, 0.5) is 29.7 Å². The van der Waals surface area contributed by atoms with Crippen molar-refractivity contribution in [2.24, 2.45) is 0 Å². The van der Waals surface area contributed by atoms with Crippen LogP contribution >= 0.6 is 11.3 Å². The summed E-state index contributed by atoms with van der Waals surface area (Å²) in [5.41, 5.74) is -0.562. The predicted molar refractivity (Wildman–Crippen MR) is 133 cm³/mol. The Labute approximate surface area is 215 Å². The van der Waals surface area contributed by atoms with Crippen molar-refractivity contribution in [3.8, 4) is 0 Å². The first-order valence-corrected chi connectivity index (χ1v) is 13.0. The fraction of sp³-hybridized carbons (Fsp3) is 0.609. The number of alkyl halides is 3. The van der Waals surface area contributed by atoms with Gasteiger partial charge in [0.15, 0.2) is 5.82 Å². The van der Waals surface area contributed by atoms with Gasteiger partial charge in [0.25, 0.3) is 0 Å². The maximum Gasteiger partial charge on any atom is 0.451 e. The number of anilines is 2. The first kappa shape index (κ1) is 25.5. The Bertz CT molecular complexity index is 1310. The number of likely N-dealkylation sites (tertiary alicyclic amines) is 1. The van der Waals surface area contributed by atoms with Crippen LogP contribution in [0.15, 0.2) is 6.07 Å². The van der Waals surface area contributed by atoms with E-state index >= 15 is 0 Å². The zero-order valence-electron chi connectivity index (χ0n) is 21.1. The number of carbonyl (C=O) groups is 1. The number of carbonyl (C=O) groups excluding carboxylic acids is 1. The van der Waals surface area contributed by atoms with E-state index in [-0.39, 0.29) is 31.0 Å². The highest BCUT2D eigenvalue weighted by atomic mass is 32.1. The van der Waals surface area contributed by atoms with E-state index in [0.717, 1.165) is 27.6 Å². The van der Waals surface area contributed by atoms with Crippen LogP contribution < -0.4 is 10.2 Å². The van der Waals surface area contributed by atoms with Crippen LogP contribution in [0.1, 0.15) is 50.6 Å². The van der Waals surface area contributed by atoms with Gasteiger partial charge in [-0.2, -0.15) is 18.2 Å². The van der Waals surface area contributed by atoms with E-state index in [2.05, 4.69) is 28.5 Å². The largest absolute Gasteiger partial charge is 0.451 e. The van der Waals surface area contributed by atoms with Gasteiger partial charge in [0, 0.05) is 31.1 Å². The number of rotatable bonds is 5. The van der Waals surface area contributed by atoms with Crippen molar-refractivity contribution in [3.05, 3.63) is 22.6 Å². The molecule has 200 valence electrons. The molecule has 3 aromatic rings. The van der Waals surface area contributed by atoms with Crippen LogP contribution in [0.5, 0.6) is 0 Å². The monoisotopic (exact) mass is 538 g/mol. The van der Waals surface area contributed by atoms with Gasteiger partial charge in [0.1, 0.15) is 16.2 Å². The highest BCUT2D eigenvalue weighted by Gasteiger charge is 2.40. The number of amides is 1. The molecule has 37 heavy (non-hydrogen) atoms. The van der Waals surface area contributed by atoms with Gasteiger partial charge in [-0.1, -0.05) is 13.3 Å². The highest BCUT2D eigenvalue weighted by molar-refractivity contribution is 7.18. The van der Waals surface area contributed by atoms with Crippen LogP contribution in [-0.2, 0) is 30.4 Å². The van der Waals surface area contributed by atoms with E-state index in [1.54, 1.807) is 16.2 Å².